The second-order valence-corrected chi connectivity index (χ2v) is 7.51. The first-order valence-electron chi connectivity index (χ1n) is 9.89. The van der Waals surface area contributed by atoms with Crippen molar-refractivity contribution in [3.8, 4) is 5.75 Å². The predicted octanol–water partition coefficient (Wildman–Crippen LogP) is 1.73. The minimum absolute atomic E-state index is 0.00700. The van der Waals surface area contributed by atoms with E-state index in [2.05, 4.69) is 10.2 Å². The van der Waals surface area contributed by atoms with Crippen molar-refractivity contribution in [1.82, 2.24) is 9.80 Å². The molecule has 0 aromatic heterocycles. The number of fused-ring (bicyclic) bond motifs is 1. The zero-order valence-corrected chi connectivity index (χ0v) is 15.6. The quantitative estimate of drug-likeness (QED) is 0.874. The first-order valence-corrected chi connectivity index (χ1v) is 9.89. The highest BCUT2D eigenvalue weighted by molar-refractivity contribution is 5.99. The van der Waals surface area contributed by atoms with Crippen molar-refractivity contribution < 1.29 is 19.1 Å². The van der Waals surface area contributed by atoms with Crippen LogP contribution in [-0.2, 0) is 9.53 Å². The van der Waals surface area contributed by atoms with Gasteiger partial charge in [0.2, 0.25) is 0 Å². The Hall–Kier alpha value is -2.12. The maximum Gasteiger partial charge on any atom is 0.262 e. The summed E-state index contributed by atoms with van der Waals surface area (Å²) in [7, 11) is 0. The molecule has 3 heterocycles. The number of hydrogen-bond donors (Lipinski definition) is 1. The third-order valence-corrected chi connectivity index (χ3v) is 5.41. The van der Waals surface area contributed by atoms with Crippen LogP contribution in [0.15, 0.2) is 18.2 Å². The van der Waals surface area contributed by atoms with E-state index in [9.17, 15) is 9.59 Å². The molecule has 0 saturated carbocycles. The van der Waals surface area contributed by atoms with Crippen LogP contribution < -0.4 is 10.1 Å². The summed E-state index contributed by atoms with van der Waals surface area (Å²) in [5.41, 5.74) is 1.20. The van der Waals surface area contributed by atoms with E-state index in [4.69, 9.17) is 9.47 Å². The topological polar surface area (TPSA) is 71.1 Å². The van der Waals surface area contributed by atoms with Gasteiger partial charge in [0.25, 0.3) is 11.8 Å². The molecule has 4 rings (SSSR count). The van der Waals surface area contributed by atoms with E-state index in [0.29, 0.717) is 36.7 Å². The molecule has 0 radical (unpaired) electrons. The number of benzene rings is 1. The van der Waals surface area contributed by atoms with Crippen molar-refractivity contribution in [3.63, 3.8) is 0 Å². The van der Waals surface area contributed by atoms with Gasteiger partial charge in [0.15, 0.2) is 6.61 Å². The fraction of sp³-hybridized carbons (Fsp3) is 0.600. The van der Waals surface area contributed by atoms with Gasteiger partial charge < -0.3 is 24.6 Å². The summed E-state index contributed by atoms with van der Waals surface area (Å²) >= 11 is 0. The Balaban J connectivity index is 1.43. The van der Waals surface area contributed by atoms with E-state index in [1.165, 1.54) is 19.3 Å². The maximum absolute atomic E-state index is 13.1. The van der Waals surface area contributed by atoms with Gasteiger partial charge >= 0.3 is 0 Å². The molecular formula is C20H27N3O4. The molecule has 7 heteroatoms. The van der Waals surface area contributed by atoms with Gasteiger partial charge in [-0.1, -0.05) is 6.42 Å². The number of anilines is 1. The first kappa shape index (κ1) is 18.3. The van der Waals surface area contributed by atoms with Crippen molar-refractivity contribution in [2.75, 3.05) is 51.3 Å². The number of carbonyl (C=O) groups excluding carboxylic acids is 2. The average Bonchev–Trinajstić information content (AvgIpc) is 2.93. The largest absolute Gasteiger partial charge is 0.482 e. The Bertz CT molecular complexity index is 702. The molecule has 2 amide bonds. The molecule has 3 aliphatic rings. The van der Waals surface area contributed by atoms with E-state index in [1.54, 1.807) is 18.2 Å². The lowest BCUT2D eigenvalue weighted by Crippen LogP contribution is -2.43. The second kappa shape index (κ2) is 8.27. The summed E-state index contributed by atoms with van der Waals surface area (Å²) in [5, 5.41) is 2.75. The highest BCUT2D eigenvalue weighted by Crippen LogP contribution is 2.29. The van der Waals surface area contributed by atoms with E-state index >= 15 is 0 Å². The molecule has 7 nitrogen and oxygen atoms in total. The summed E-state index contributed by atoms with van der Waals surface area (Å²) < 4.78 is 11.5. The number of likely N-dealkylation sites (tertiary alicyclic amines) is 1. The lowest BCUT2D eigenvalue weighted by Gasteiger charge is -2.31. The van der Waals surface area contributed by atoms with Crippen LogP contribution in [0.5, 0.6) is 5.75 Å². The molecule has 0 unspecified atom stereocenters. The molecule has 2 fully saturated rings. The van der Waals surface area contributed by atoms with Gasteiger partial charge in [0, 0.05) is 31.8 Å². The van der Waals surface area contributed by atoms with Crippen molar-refractivity contribution in [1.29, 1.82) is 0 Å². The third kappa shape index (κ3) is 4.42. The molecule has 2 saturated heterocycles. The van der Waals surface area contributed by atoms with Crippen LogP contribution >= 0.6 is 0 Å². The van der Waals surface area contributed by atoms with Gasteiger partial charge in [0.05, 0.1) is 11.8 Å². The van der Waals surface area contributed by atoms with Crippen LogP contribution in [0.2, 0.25) is 0 Å². The van der Waals surface area contributed by atoms with E-state index < -0.39 is 0 Å². The van der Waals surface area contributed by atoms with Crippen molar-refractivity contribution in [2.24, 2.45) is 0 Å². The maximum atomic E-state index is 13.1. The van der Waals surface area contributed by atoms with Gasteiger partial charge in [-0.3, -0.25) is 9.59 Å². The first-order chi connectivity index (χ1) is 13.2. The Labute approximate surface area is 159 Å². The molecule has 1 N–H and O–H groups in total. The van der Waals surface area contributed by atoms with Gasteiger partial charge in [0.1, 0.15) is 5.75 Å². The SMILES string of the molecule is O=C1COc2cc(C(=O)N3CCCO[C@H](CN4CCCCC4)C3)ccc2N1. The molecule has 1 aromatic rings. The normalized spacial score (nSPS) is 23.8. The third-order valence-electron chi connectivity index (χ3n) is 5.41. The summed E-state index contributed by atoms with van der Waals surface area (Å²) in [6, 6.07) is 5.21. The zero-order chi connectivity index (χ0) is 18.6. The van der Waals surface area contributed by atoms with Gasteiger partial charge in [-0.15, -0.1) is 0 Å². The highest BCUT2D eigenvalue weighted by Gasteiger charge is 2.26. The lowest BCUT2D eigenvalue weighted by molar-refractivity contribution is -0.118. The van der Waals surface area contributed by atoms with Crippen LogP contribution in [0.1, 0.15) is 36.0 Å². The number of nitrogens with zero attached hydrogens (tertiary/aromatic N) is 2. The molecule has 0 bridgehead atoms. The van der Waals surface area contributed by atoms with Crippen LogP contribution in [-0.4, -0.2) is 73.7 Å². The average molecular weight is 373 g/mol. The Morgan fingerprint density at radius 1 is 1.15 bits per heavy atom. The van der Waals surface area contributed by atoms with Crippen molar-refractivity contribution in [3.05, 3.63) is 23.8 Å². The lowest BCUT2D eigenvalue weighted by atomic mass is 10.1. The minimum Gasteiger partial charge on any atom is -0.482 e. The van der Waals surface area contributed by atoms with Gasteiger partial charge in [-0.2, -0.15) is 0 Å². The molecule has 1 aromatic carbocycles. The number of ether oxygens (including phenoxy) is 2. The van der Waals surface area contributed by atoms with E-state index in [-0.39, 0.29) is 24.5 Å². The summed E-state index contributed by atoms with van der Waals surface area (Å²) in [6.07, 6.45) is 4.72. The van der Waals surface area contributed by atoms with Crippen LogP contribution in [0, 0.1) is 0 Å². The summed E-state index contributed by atoms with van der Waals surface area (Å²) in [4.78, 5) is 28.8. The molecule has 1 atom stereocenters. The number of rotatable bonds is 3. The molecule has 27 heavy (non-hydrogen) atoms. The Morgan fingerprint density at radius 2 is 2.00 bits per heavy atom. The number of nitrogens with one attached hydrogen (secondary N) is 1. The predicted molar refractivity (Wildman–Crippen MR) is 101 cm³/mol. The Kier molecular flexibility index (Phi) is 5.59. The fourth-order valence-corrected chi connectivity index (χ4v) is 4.01. The fourth-order valence-electron chi connectivity index (χ4n) is 4.01. The number of piperidine rings is 1. The molecule has 3 aliphatic heterocycles. The molecular weight excluding hydrogens is 346 g/mol. The van der Waals surface area contributed by atoms with E-state index in [1.807, 2.05) is 4.90 Å². The highest BCUT2D eigenvalue weighted by atomic mass is 16.5. The smallest absolute Gasteiger partial charge is 0.262 e. The Morgan fingerprint density at radius 3 is 2.85 bits per heavy atom. The number of hydrogen-bond acceptors (Lipinski definition) is 5. The minimum atomic E-state index is -0.174. The van der Waals surface area contributed by atoms with Gasteiger partial charge in [-0.25, -0.2) is 0 Å². The standard InChI is InChI=1S/C20H27N3O4/c24-19-14-27-18-11-15(5-6-17(18)21-19)20(25)23-9-4-10-26-16(13-23)12-22-7-2-1-3-8-22/h5-6,11,16H,1-4,7-10,12-14H2,(H,21,24)/t16-/m1/s1. The molecule has 0 aliphatic carbocycles. The number of carbonyl (C=O) groups is 2. The second-order valence-electron chi connectivity index (χ2n) is 7.51. The van der Waals surface area contributed by atoms with Crippen LogP contribution in [0.4, 0.5) is 5.69 Å². The van der Waals surface area contributed by atoms with Crippen molar-refractivity contribution in [2.45, 2.75) is 31.8 Å². The van der Waals surface area contributed by atoms with Gasteiger partial charge in [-0.05, 0) is 50.6 Å². The van der Waals surface area contributed by atoms with Crippen molar-refractivity contribution >= 4 is 17.5 Å². The summed E-state index contributed by atoms with van der Waals surface area (Å²) in [5.74, 6) is 0.371. The monoisotopic (exact) mass is 373 g/mol. The van der Waals surface area contributed by atoms with Crippen LogP contribution in [0.25, 0.3) is 0 Å². The van der Waals surface area contributed by atoms with E-state index in [0.717, 1.165) is 26.1 Å². The molecule has 0 spiro atoms. The van der Waals surface area contributed by atoms with Crippen LogP contribution in [0.3, 0.4) is 0 Å². The molecule has 146 valence electrons. The summed E-state index contributed by atoms with van der Waals surface area (Å²) in [6.45, 7) is 5.14. The zero-order valence-electron chi connectivity index (χ0n) is 15.6. The number of amides is 2.